The summed E-state index contributed by atoms with van der Waals surface area (Å²) in [6, 6.07) is 0. The van der Waals surface area contributed by atoms with Crippen molar-refractivity contribution >= 4 is 0 Å². The van der Waals surface area contributed by atoms with Crippen LogP contribution in [0.4, 0.5) is 0 Å². The Hall–Kier alpha value is -0.700. The molecule has 0 amide bonds. The van der Waals surface area contributed by atoms with Crippen LogP contribution in [0.1, 0.15) is 6.92 Å². The number of hydrogen-bond donors (Lipinski definition) is 2. The summed E-state index contributed by atoms with van der Waals surface area (Å²) < 4.78 is 0. The van der Waals surface area contributed by atoms with E-state index in [2.05, 4.69) is 16.4 Å². The highest BCUT2D eigenvalue weighted by atomic mass is 15.6. The Bertz CT molecular complexity index is 76.1. The maximum atomic E-state index is 3.64. The Balaban J connectivity index is 2.45. The first-order valence-electron chi connectivity index (χ1n) is 1.77. The predicted octanol–water partition coefficient (Wildman–Crippen LogP) is 0.244. The van der Waals surface area contributed by atoms with E-state index in [1.807, 2.05) is 6.92 Å². The summed E-state index contributed by atoms with van der Waals surface area (Å²) in [4.78, 5) is 0. The highest BCUT2D eigenvalue weighted by Gasteiger charge is 1.78. The van der Waals surface area contributed by atoms with Crippen LogP contribution < -0.4 is 11.0 Å². The first kappa shape index (κ1) is 3.49. The van der Waals surface area contributed by atoms with Crippen LogP contribution in [0.15, 0.2) is 11.9 Å². The number of hydrazine groups is 1. The quantitative estimate of drug-likeness (QED) is 0.441. The van der Waals surface area contributed by atoms with Crippen LogP contribution in [0.3, 0.4) is 0 Å². The number of nitrogens with one attached hydrogen (secondary N) is 2. The summed E-state index contributed by atoms with van der Waals surface area (Å²) in [5.74, 6) is 0. The van der Waals surface area contributed by atoms with E-state index < -0.39 is 0 Å². The van der Waals surface area contributed by atoms with Gasteiger partial charge < -0.3 is 16.4 Å². The molecule has 2 N–H and O–H groups in total. The van der Waals surface area contributed by atoms with Crippen molar-refractivity contribution in [1.29, 1.82) is 0 Å². The van der Waals surface area contributed by atoms with Crippen molar-refractivity contribution in [3.63, 3.8) is 0 Å². The fourth-order valence-electron chi connectivity index (χ4n) is 0.282. The maximum Gasteiger partial charge on any atom is 0.000588 e. The van der Waals surface area contributed by atoms with Gasteiger partial charge in [-0.2, -0.15) is 0 Å². The average Bonchev–Trinajstić information content (AvgIpc) is 1.86. The largest absolute Gasteiger partial charge is 0.609 e. The monoisotopic (exact) mass is 84.1 g/mol. The van der Waals surface area contributed by atoms with Crippen molar-refractivity contribution in [2.75, 3.05) is 0 Å². The second-order valence-electron chi connectivity index (χ2n) is 1.18. The molecule has 0 radical (unpaired) electrons. The van der Waals surface area contributed by atoms with Gasteiger partial charge in [-0.1, -0.05) is 0 Å². The van der Waals surface area contributed by atoms with Crippen molar-refractivity contribution in [2.24, 2.45) is 0 Å². The molecule has 6 heavy (non-hydrogen) atoms. The van der Waals surface area contributed by atoms with Gasteiger partial charge in [0.15, 0.2) is 0 Å². The van der Waals surface area contributed by atoms with Crippen LogP contribution in [0, 0.1) is 0 Å². The van der Waals surface area contributed by atoms with Gasteiger partial charge in [0, 0.05) is 5.70 Å². The van der Waals surface area contributed by atoms with E-state index in [4.69, 9.17) is 0 Å². The van der Waals surface area contributed by atoms with Gasteiger partial charge in [-0.15, -0.1) is 6.20 Å². The van der Waals surface area contributed by atoms with Gasteiger partial charge in [-0.3, -0.25) is 0 Å². The number of nitrogens with zero attached hydrogens (tertiary/aromatic N) is 1. The molecule has 1 aliphatic heterocycles. The van der Waals surface area contributed by atoms with E-state index in [0.29, 0.717) is 0 Å². The van der Waals surface area contributed by atoms with Crippen molar-refractivity contribution in [1.82, 2.24) is 11.0 Å². The summed E-state index contributed by atoms with van der Waals surface area (Å²) in [6.45, 7) is 1.93. The summed E-state index contributed by atoms with van der Waals surface area (Å²) >= 11 is 0. The number of allylic oxidation sites excluding steroid dienone is 1. The molecule has 0 spiro atoms. The molecule has 0 unspecified atom stereocenters. The van der Waals surface area contributed by atoms with Crippen LogP contribution in [0.25, 0.3) is 5.43 Å². The van der Waals surface area contributed by atoms with E-state index in [1.165, 1.54) is 0 Å². The second kappa shape index (κ2) is 1.18. The Morgan fingerprint density at radius 1 is 1.83 bits per heavy atom. The molecule has 0 aromatic rings. The average molecular weight is 84.1 g/mol. The van der Waals surface area contributed by atoms with Crippen molar-refractivity contribution < 1.29 is 0 Å². The molecular formula is C3H6N3-. The summed E-state index contributed by atoms with van der Waals surface area (Å²) in [7, 11) is 0. The minimum atomic E-state index is 1.05. The van der Waals surface area contributed by atoms with Gasteiger partial charge in [0.05, 0.1) is 0 Å². The normalized spacial score (nSPS) is 18.5. The lowest BCUT2D eigenvalue weighted by Gasteiger charge is -2.05. The van der Waals surface area contributed by atoms with Gasteiger partial charge in [0.1, 0.15) is 0 Å². The van der Waals surface area contributed by atoms with E-state index in [1.54, 1.807) is 6.20 Å². The molecule has 0 aliphatic carbocycles. The molecule has 1 heterocycles. The molecule has 0 saturated carbocycles. The Labute approximate surface area is 36.4 Å². The first-order valence-corrected chi connectivity index (χ1v) is 1.77. The minimum absolute atomic E-state index is 1.05. The second-order valence-corrected chi connectivity index (χ2v) is 1.18. The molecule has 3 nitrogen and oxygen atoms in total. The van der Waals surface area contributed by atoms with Gasteiger partial charge in [-0.05, 0) is 6.92 Å². The van der Waals surface area contributed by atoms with Gasteiger partial charge in [-0.25, -0.2) is 0 Å². The predicted molar refractivity (Wildman–Crippen MR) is 23.4 cm³/mol. The van der Waals surface area contributed by atoms with E-state index >= 15 is 0 Å². The molecule has 0 aromatic carbocycles. The van der Waals surface area contributed by atoms with Gasteiger partial charge in [0.2, 0.25) is 0 Å². The fourth-order valence-corrected chi connectivity index (χ4v) is 0.282. The molecular weight excluding hydrogens is 78.1 g/mol. The third-order valence-corrected chi connectivity index (χ3v) is 0.576. The number of rotatable bonds is 0. The molecule has 3 heteroatoms. The first-order chi connectivity index (χ1) is 2.89. The lowest BCUT2D eigenvalue weighted by molar-refractivity contribution is 0.752. The lowest BCUT2D eigenvalue weighted by atomic mass is 10.6. The van der Waals surface area contributed by atoms with E-state index in [9.17, 15) is 0 Å². The maximum absolute atomic E-state index is 3.64. The van der Waals surface area contributed by atoms with Gasteiger partial charge in [0.25, 0.3) is 0 Å². The minimum Gasteiger partial charge on any atom is -0.609 e. The topological polar surface area (TPSA) is 38.2 Å². The fraction of sp³-hybridized carbons (Fsp3) is 0.333. The van der Waals surface area contributed by atoms with Crippen LogP contribution in [-0.2, 0) is 0 Å². The third kappa shape index (κ3) is 0.440. The van der Waals surface area contributed by atoms with Crippen LogP contribution in [0.2, 0.25) is 0 Å². The Kier molecular flexibility index (Phi) is 0.686. The Morgan fingerprint density at radius 2 is 2.67 bits per heavy atom. The zero-order chi connectivity index (χ0) is 4.41. The zero-order valence-corrected chi connectivity index (χ0v) is 3.52. The standard InChI is InChI=1S/C3H6N3/c1-3-2-4-6-5-3/h2,5-6H,1H3/q-1. The zero-order valence-electron chi connectivity index (χ0n) is 3.52. The molecule has 1 aliphatic rings. The lowest BCUT2D eigenvalue weighted by Crippen LogP contribution is -2.18. The highest BCUT2D eigenvalue weighted by Crippen LogP contribution is 1.94. The van der Waals surface area contributed by atoms with Crippen LogP contribution in [-0.4, -0.2) is 0 Å². The van der Waals surface area contributed by atoms with Crippen LogP contribution in [0.5, 0.6) is 0 Å². The smallest absolute Gasteiger partial charge is 0.000588 e. The SMILES string of the molecule is CC1=C[N-]NN1. The van der Waals surface area contributed by atoms with E-state index in [0.717, 1.165) is 5.70 Å². The van der Waals surface area contributed by atoms with Gasteiger partial charge >= 0.3 is 0 Å². The van der Waals surface area contributed by atoms with Crippen molar-refractivity contribution in [3.05, 3.63) is 17.3 Å². The van der Waals surface area contributed by atoms with E-state index in [-0.39, 0.29) is 0 Å². The summed E-state index contributed by atoms with van der Waals surface area (Å²) in [6.07, 6.45) is 1.72. The molecule has 0 atom stereocenters. The Morgan fingerprint density at radius 3 is 2.83 bits per heavy atom. The molecule has 34 valence electrons. The van der Waals surface area contributed by atoms with Crippen LogP contribution >= 0.6 is 0 Å². The molecule has 0 aromatic heterocycles. The summed E-state index contributed by atoms with van der Waals surface area (Å²) in [5.41, 5.74) is 10.0. The molecule has 0 saturated heterocycles. The molecule has 1 rings (SSSR count). The van der Waals surface area contributed by atoms with Crippen molar-refractivity contribution in [3.8, 4) is 0 Å². The molecule has 0 bridgehead atoms. The third-order valence-electron chi connectivity index (χ3n) is 0.576. The van der Waals surface area contributed by atoms with Crippen molar-refractivity contribution in [2.45, 2.75) is 6.92 Å². The molecule has 0 fully saturated rings. The number of hydrogen-bond acceptors (Lipinski definition) is 2. The summed E-state index contributed by atoms with van der Waals surface area (Å²) in [5, 5.41) is 0. The highest BCUT2D eigenvalue weighted by molar-refractivity contribution is 5.09.